The molecular formula is C11H15ClF3N3O. The molecule has 0 fully saturated rings. The maximum atomic E-state index is 11.8. The zero-order chi connectivity index (χ0) is 14.3. The van der Waals surface area contributed by atoms with Gasteiger partial charge in [-0.15, -0.1) is 0 Å². The molecular weight excluding hydrogens is 283 g/mol. The average molecular weight is 298 g/mol. The Bertz CT molecular complexity index is 401. The molecule has 108 valence electrons. The van der Waals surface area contributed by atoms with Crippen LogP contribution in [-0.2, 0) is 11.2 Å². The van der Waals surface area contributed by atoms with Crippen LogP contribution in [0.4, 0.5) is 19.0 Å². The van der Waals surface area contributed by atoms with Crippen LogP contribution >= 0.6 is 11.6 Å². The molecule has 0 spiro atoms. The normalized spacial score (nSPS) is 11.6. The van der Waals surface area contributed by atoms with E-state index >= 15 is 0 Å². The molecule has 0 unspecified atom stereocenters. The molecule has 0 aromatic carbocycles. The Balaban J connectivity index is 2.43. The maximum Gasteiger partial charge on any atom is 0.411 e. The fourth-order valence-electron chi connectivity index (χ4n) is 1.44. The largest absolute Gasteiger partial charge is 0.411 e. The Morgan fingerprint density at radius 1 is 1.37 bits per heavy atom. The van der Waals surface area contributed by atoms with E-state index in [0.717, 1.165) is 12.0 Å². The van der Waals surface area contributed by atoms with Crippen LogP contribution in [-0.4, -0.2) is 35.9 Å². The first-order chi connectivity index (χ1) is 8.94. The van der Waals surface area contributed by atoms with Crippen LogP contribution in [0.5, 0.6) is 0 Å². The summed E-state index contributed by atoms with van der Waals surface area (Å²) in [5, 5.41) is 3.25. The van der Waals surface area contributed by atoms with E-state index in [0.29, 0.717) is 17.4 Å². The molecule has 0 atom stereocenters. The number of nitrogens with zero attached hydrogens (tertiary/aromatic N) is 2. The molecule has 1 heterocycles. The first-order valence-corrected chi connectivity index (χ1v) is 6.19. The van der Waals surface area contributed by atoms with Gasteiger partial charge >= 0.3 is 6.18 Å². The highest BCUT2D eigenvalue weighted by atomic mass is 35.5. The summed E-state index contributed by atoms with van der Waals surface area (Å²) in [6.07, 6.45) is -1.43. The lowest BCUT2D eigenvalue weighted by atomic mass is 10.2. The second kappa shape index (κ2) is 7.49. The molecule has 0 radical (unpaired) electrons. The summed E-state index contributed by atoms with van der Waals surface area (Å²) in [6, 6.07) is 0. The van der Waals surface area contributed by atoms with Gasteiger partial charge in [0.1, 0.15) is 23.9 Å². The third kappa shape index (κ3) is 6.07. The van der Waals surface area contributed by atoms with E-state index in [9.17, 15) is 13.2 Å². The molecule has 4 nitrogen and oxygen atoms in total. The molecule has 1 N–H and O–H groups in total. The molecule has 1 aromatic heterocycles. The van der Waals surface area contributed by atoms with Gasteiger partial charge < -0.3 is 10.1 Å². The highest BCUT2D eigenvalue weighted by Crippen LogP contribution is 2.21. The Morgan fingerprint density at radius 2 is 2.11 bits per heavy atom. The number of halogens is 4. The smallest absolute Gasteiger partial charge is 0.370 e. The van der Waals surface area contributed by atoms with Crippen molar-refractivity contribution in [2.75, 3.05) is 25.1 Å². The van der Waals surface area contributed by atoms with Crippen LogP contribution in [0.2, 0.25) is 5.15 Å². The van der Waals surface area contributed by atoms with Crippen LogP contribution < -0.4 is 5.32 Å². The van der Waals surface area contributed by atoms with E-state index in [1.807, 2.05) is 6.92 Å². The first-order valence-electron chi connectivity index (χ1n) is 5.81. The van der Waals surface area contributed by atoms with Crippen molar-refractivity contribution < 1.29 is 17.9 Å². The van der Waals surface area contributed by atoms with Crippen LogP contribution in [0, 0.1) is 0 Å². The Morgan fingerprint density at radius 3 is 2.74 bits per heavy atom. The van der Waals surface area contributed by atoms with Gasteiger partial charge in [-0.2, -0.15) is 13.2 Å². The van der Waals surface area contributed by atoms with Crippen LogP contribution in [0.15, 0.2) is 6.33 Å². The Hall–Kier alpha value is -1.08. The van der Waals surface area contributed by atoms with Gasteiger partial charge in [-0.25, -0.2) is 9.97 Å². The maximum absolute atomic E-state index is 11.8. The third-order valence-electron chi connectivity index (χ3n) is 2.20. The molecule has 0 saturated heterocycles. The predicted octanol–water partition coefficient (Wildman–Crippen LogP) is 3.07. The average Bonchev–Trinajstić information content (AvgIpc) is 2.31. The lowest BCUT2D eigenvalue weighted by molar-refractivity contribution is -0.172. The summed E-state index contributed by atoms with van der Waals surface area (Å²) in [7, 11) is 0. The minimum Gasteiger partial charge on any atom is -0.370 e. The molecule has 0 aliphatic carbocycles. The molecule has 8 heteroatoms. The van der Waals surface area contributed by atoms with Gasteiger partial charge in [-0.3, -0.25) is 0 Å². The zero-order valence-electron chi connectivity index (χ0n) is 10.4. The van der Waals surface area contributed by atoms with E-state index in [4.69, 9.17) is 11.6 Å². The number of aromatic nitrogens is 2. The van der Waals surface area contributed by atoms with E-state index in [-0.39, 0.29) is 13.2 Å². The van der Waals surface area contributed by atoms with Crippen molar-refractivity contribution in [1.29, 1.82) is 0 Å². The first kappa shape index (κ1) is 16.0. The quantitative estimate of drug-likeness (QED) is 0.620. The number of anilines is 1. The van der Waals surface area contributed by atoms with Crippen LogP contribution in [0.3, 0.4) is 0 Å². The summed E-state index contributed by atoms with van der Waals surface area (Å²) < 4.78 is 40.0. The molecule has 1 rings (SSSR count). The SMILES string of the molecule is CCCc1c(Cl)ncnc1NCCOCC(F)(F)F. The minimum absolute atomic E-state index is 0.0628. The summed E-state index contributed by atoms with van der Waals surface area (Å²) >= 11 is 5.94. The van der Waals surface area contributed by atoms with E-state index in [2.05, 4.69) is 20.0 Å². The van der Waals surface area contributed by atoms with E-state index in [1.54, 1.807) is 0 Å². The highest BCUT2D eigenvalue weighted by Gasteiger charge is 2.27. The third-order valence-corrected chi connectivity index (χ3v) is 2.52. The fourth-order valence-corrected chi connectivity index (χ4v) is 1.67. The van der Waals surface area contributed by atoms with Gasteiger partial charge in [0.2, 0.25) is 0 Å². The second-order valence-electron chi connectivity index (χ2n) is 3.84. The monoisotopic (exact) mass is 297 g/mol. The lowest BCUT2D eigenvalue weighted by Gasteiger charge is -2.12. The lowest BCUT2D eigenvalue weighted by Crippen LogP contribution is -2.20. The van der Waals surface area contributed by atoms with Gasteiger partial charge in [-0.05, 0) is 6.42 Å². The van der Waals surface area contributed by atoms with Crippen molar-refractivity contribution in [2.24, 2.45) is 0 Å². The van der Waals surface area contributed by atoms with Crippen LogP contribution in [0.1, 0.15) is 18.9 Å². The van der Waals surface area contributed by atoms with E-state index < -0.39 is 12.8 Å². The molecule has 0 amide bonds. The molecule has 0 saturated carbocycles. The number of ether oxygens (including phenoxy) is 1. The van der Waals surface area contributed by atoms with Crippen molar-refractivity contribution in [1.82, 2.24) is 9.97 Å². The van der Waals surface area contributed by atoms with Gasteiger partial charge in [0.05, 0.1) is 6.61 Å². The predicted molar refractivity (Wildman–Crippen MR) is 66.4 cm³/mol. The van der Waals surface area contributed by atoms with Crippen molar-refractivity contribution in [3.05, 3.63) is 17.0 Å². The topological polar surface area (TPSA) is 47.0 Å². The molecule has 0 bridgehead atoms. The molecule has 0 aliphatic rings. The van der Waals surface area contributed by atoms with Crippen molar-refractivity contribution >= 4 is 17.4 Å². The summed E-state index contributed by atoms with van der Waals surface area (Å²) in [5.41, 5.74) is 0.766. The number of hydrogen-bond donors (Lipinski definition) is 1. The standard InChI is InChI=1S/C11H15ClF3N3O/c1-2-3-8-9(12)17-7-18-10(8)16-4-5-19-6-11(13,14)15/h7H,2-6H2,1H3,(H,16,17,18). The Labute approximate surface area is 114 Å². The van der Waals surface area contributed by atoms with Crippen molar-refractivity contribution in [2.45, 2.75) is 25.9 Å². The number of hydrogen-bond acceptors (Lipinski definition) is 4. The van der Waals surface area contributed by atoms with E-state index in [1.165, 1.54) is 6.33 Å². The summed E-state index contributed by atoms with van der Waals surface area (Å²) in [5.74, 6) is 0.539. The molecule has 1 aromatic rings. The summed E-state index contributed by atoms with van der Waals surface area (Å²) in [6.45, 7) is 0.896. The van der Waals surface area contributed by atoms with Gasteiger partial charge in [0.25, 0.3) is 0 Å². The number of alkyl halides is 3. The Kier molecular flexibility index (Phi) is 6.30. The van der Waals surface area contributed by atoms with Crippen molar-refractivity contribution in [3.63, 3.8) is 0 Å². The zero-order valence-corrected chi connectivity index (χ0v) is 11.2. The van der Waals surface area contributed by atoms with Gasteiger partial charge in [0.15, 0.2) is 0 Å². The second-order valence-corrected chi connectivity index (χ2v) is 4.19. The van der Waals surface area contributed by atoms with Crippen LogP contribution in [0.25, 0.3) is 0 Å². The van der Waals surface area contributed by atoms with Crippen molar-refractivity contribution in [3.8, 4) is 0 Å². The van der Waals surface area contributed by atoms with Gasteiger partial charge in [-0.1, -0.05) is 24.9 Å². The molecule has 19 heavy (non-hydrogen) atoms. The highest BCUT2D eigenvalue weighted by molar-refractivity contribution is 6.30. The molecule has 0 aliphatic heterocycles. The summed E-state index contributed by atoms with van der Waals surface area (Å²) in [4.78, 5) is 7.89. The number of rotatable bonds is 7. The minimum atomic E-state index is -4.30. The fraction of sp³-hybridized carbons (Fsp3) is 0.636. The van der Waals surface area contributed by atoms with Gasteiger partial charge in [0, 0.05) is 12.1 Å². The number of nitrogens with one attached hydrogen (secondary N) is 1.